The van der Waals surface area contributed by atoms with E-state index in [0.29, 0.717) is 31.3 Å². The summed E-state index contributed by atoms with van der Waals surface area (Å²) in [6.45, 7) is 5.21. The molecule has 3 rings (SSSR count). The van der Waals surface area contributed by atoms with Crippen molar-refractivity contribution in [1.82, 2.24) is 14.6 Å². The van der Waals surface area contributed by atoms with Crippen molar-refractivity contribution < 1.29 is 18.8 Å². The second-order valence-electron chi connectivity index (χ2n) is 6.08. The molecule has 3 heterocycles. The highest BCUT2D eigenvalue weighted by molar-refractivity contribution is 5.89. The Balaban J connectivity index is 1.78. The van der Waals surface area contributed by atoms with Gasteiger partial charge in [0.25, 0.3) is 0 Å². The fraction of sp³-hybridized carbons (Fsp3) is 0.471. The van der Waals surface area contributed by atoms with Crippen LogP contribution in [0.3, 0.4) is 0 Å². The van der Waals surface area contributed by atoms with Crippen LogP contribution in [0.4, 0.5) is 5.82 Å². The molecule has 0 bridgehead atoms. The number of ether oxygens (including phenoxy) is 2. The molecule has 0 aromatic carbocycles. The number of rotatable bonds is 6. The van der Waals surface area contributed by atoms with E-state index in [1.54, 1.807) is 23.8 Å². The van der Waals surface area contributed by atoms with Gasteiger partial charge in [0, 0.05) is 37.5 Å². The van der Waals surface area contributed by atoms with Crippen LogP contribution in [0.25, 0.3) is 0 Å². The monoisotopic (exact) mass is 362 g/mol. The van der Waals surface area contributed by atoms with Crippen LogP contribution in [0.1, 0.15) is 11.5 Å². The van der Waals surface area contributed by atoms with Gasteiger partial charge in [0.15, 0.2) is 11.6 Å². The van der Waals surface area contributed by atoms with Crippen molar-refractivity contribution in [3.8, 4) is 5.75 Å². The maximum absolute atomic E-state index is 12.4. The van der Waals surface area contributed by atoms with E-state index in [2.05, 4.69) is 15.4 Å². The molecule has 1 fully saturated rings. The predicted octanol–water partition coefficient (Wildman–Crippen LogP) is 0.624. The first-order valence-electron chi connectivity index (χ1n) is 8.36. The second-order valence-corrected chi connectivity index (χ2v) is 6.08. The summed E-state index contributed by atoms with van der Waals surface area (Å²) in [6, 6.07) is 3.15. The quantitative estimate of drug-likeness (QED) is 0.804. The minimum absolute atomic E-state index is 0.0300. The van der Waals surface area contributed by atoms with Crippen LogP contribution in [-0.2, 0) is 22.6 Å². The lowest BCUT2D eigenvalue weighted by molar-refractivity contribution is -0.116. The summed E-state index contributed by atoms with van der Waals surface area (Å²) in [6.07, 6.45) is 1.56. The normalized spacial score (nSPS) is 15.0. The third-order valence-electron chi connectivity index (χ3n) is 4.10. The van der Waals surface area contributed by atoms with Crippen LogP contribution in [-0.4, -0.2) is 53.9 Å². The molecule has 0 spiro atoms. The van der Waals surface area contributed by atoms with Crippen LogP contribution in [0, 0.1) is 6.92 Å². The number of aryl methyl sites for hydroxylation is 1. The number of carbonyl (C=O) groups excluding carboxylic acids is 1. The van der Waals surface area contributed by atoms with E-state index in [4.69, 9.17) is 14.0 Å². The Labute approximate surface area is 150 Å². The summed E-state index contributed by atoms with van der Waals surface area (Å²) in [7, 11) is 1.43. The van der Waals surface area contributed by atoms with Crippen molar-refractivity contribution in [2.24, 2.45) is 0 Å². The number of anilines is 1. The lowest BCUT2D eigenvalue weighted by Crippen LogP contribution is -2.37. The van der Waals surface area contributed by atoms with Crippen molar-refractivity contribution in [2.45, 2.75) is 20.0 Å². The SMILES string of the molecule is COc1cn(CC(=O)Nc2cc(C)on2)c(CN2CCOCC2)cc1=O. The van der Waals surface area contributed by atoms with Crippen molar-refractivity contribution in [3.05, 3.63) is 40.0 Å². The third-order valence-corrected chi connectivity index (χ3v) is 4.10. The lowest BCUT2D eigenvalue weighted by Gasteiger charge is -2.27. The first-order chi connectivity index (χ1) is 12.5. The van der Waals surface area contributed by atoms with Crippen LogP contribution in [0.5, 0.6) is 5.75 Å². The van der Waals surface area contributed by atoms with Crippen LogP contribution < -0.4 is 15.5 Å². The molecule has 140 valence electrons. The molecule has 26 heavy (non-hydrogen) atoms. The molecule has 0 atom stereocenters. The zero-order chi connectivity index (χ0) is 18.5. The Morgan fingerprint density at radius 2 is 2.12 bits per heavy atom. The molecule has 0 saturated carbocycles. The number of methoxy groups -OCH3 is 1. The molecule has 0 aliphatic carbocycles. The number of hydrogen-bond acceptors (Lipinski definition) is 7. The van der Waals surface area contributed by atoms with Gasteiger partial charge in [-0.25, -0.2) is 0 Å². The van der Waals surface area contributed by atoms with Gasteiger partial charge in [-0.3, -0.25) is 14.5 Å². The number of morpholine rings is 1. The van der Waals surface area contributed by atoms with Gasteiger partial charge in [-0.15, -0.1) is 0 Å². The fourth-order valence-corrected chi connectivity index (χ4v) is 2.78. The summed E-state index contributed by atoms with van der Waals surface area (Å²) < 4.78 is 17.1. The zero-order valence-corrected chi connectivity index (χ0v) is 14.9. The first-order valence-corrected chi connectivity index (χ1v) is 8.36. The number of nitrogens with one attached hydrogen (secondary N) is 1. The smallest absolute Gasteiger partial charge is 0.245 e. The van der Waals surface area contributed by atoms with Crippen LogP contribution in [0.15, 0.2) is 27.6 Å². The lowest BCUT2D eigenvalue weighted by atomic mass is 10.2. The maximum atomic E-state index is 12.4. The van der Waals surface area contributed by atoms with E-state index in [1.807, 2.05) is 0 Å². The number of carbonyl (C=O) groups is 1. The molecule has 2 aromatic rings. The van der Waals surface area contributed by atoms with Crippen LogP contribution in [0.2, 0.25) is 0 Å². The molecule has 0 radical (unpaired) electrons. The number of amides is 1. The van der Waals surface area contributed by atoms with Gasteiger partial charge in [0.2, 0.25) is 11.3 Å². The number of aromatic nitrogens is 2. The molecule has 2 aromatic heterocycles. The number of nitrogens with zero attached hydrogens (tertiary/aromatic N) is 3. The fourth-order valence-electron chi connectivity index (χ4n) is 2.78. The van der Waals surface area contributed by atoms with Crippen molar-refractivity contribution in [2.75, 3.05) is 38.7 Å². The van der Waals surface area contributed by atoms with E-state index < -0.39 is 0 Å². The van der Waals surface area contributed by atoms with Gasteiger partial charge >= 0.3 is 0 Å². The topological polar surface area (TPSA) is 98.8 Å². The average Bonchev–Trinajstić information content (AvgIpc) is 3.02. The molecule has 9 nitrogen and oxygen atoms in total. The zero-order valence-electron chi connectivity index (χ0n) is 14.9. The van der Waals surface area contributed by atoms with Crippen molar-refractivity contribution in [1.29, 1.82) is 0 Å². The highest BCUT2D eigenvalue weighted by Crippen LogP contribution is 2.12. The standard InChI is InChI=1S/C17H22N4O5/c1-12-7-16(19-26-12)18-17(23)11-21-10-15(24-2)14(22)8-13(21)9-20-3-5-25-6-4-20/h7-8,10H,3-6,9,11H2,1-2H3,(H,18,19,23). The van der Waals surface area contributed by atoms with Gasteiger partial charge in [-0.2, -0.15) is 0 Å². The highest BCUT2D eigenvalue weighted by Gasteiger charge is 2.16. The molecule has 1 saturated heterocycles. The van der Waals surface area contributed by atoms with E-state index in [-0.39, 0.29) is 23.6 Å². The molecule has 9 heteroatoms. The number of hydrogen-bond donors (Lipinski definition) is 1. The molecule has 1 aliphatic heterocycles. The Kier molecular flexibility index (Phi) is 5.69. The molecule has 1 N–H and O–H groups in total. The average molecular weight is 362 g/mol. The van der Waals surface area contributed by atoms with Gasteiger partial charge in [-0.1, -0.05) is 5.16 Å². The largest absolute Gasteiger partial charge is 0.491 e. The van der Waals surface area contributed by atoms with Gasteiger partial charge in [0.05, 0.1) is 26.5 Å². The molecule has 1 amide bonds. The van der Waals surface area contributed by atoms with Gasteiger partial charge in [0.1, 0.15) is 12.3 Å². The van der Waals surface area contributed by atoms with E-state index in [9.17, 15) is 9.59 Å². The summed E-state index contributed by atoms with van der Waals surface area (Å²) in [5, 5.41) is 6.43. The Bertz CT molecular complexity index is 823. The highest BCUT2D eigenvalue weighted by atomic mass is 16.5. The minimum atomic E-state index is -0.271. The summed E-state index contributed by atoms with van der Waals surface area (Å²) in [5.74, 6) is 0.890. The predicted molar refractivity (Wildman–Crippen MR) is 93.2 cm³/mol. The summed E-state index contributed by atoms with van der Waals surface area (Å²) >= 11 is 0. The third kappa shape index (κ3) is 4.50. The van der Waals surface area contributed by atoms with E-state index in [1.165, 1.54) is 13.2 Å². The van der Waals surface area contributed by atoms with Gasteiger partial charge < -0.3 is 23.9 Å². The van der Waals surface area contributed by atoms with Crippen molar-refractivity contribution >= 4 is 11.7 Å². The molecule has 1 aliphatic rings. The second kappa shape index (κ2) is 8.15. The van der Waals surface area contributed by atoms with Crippen molar-refractivity contribution in [3.63, 3.8) is 0 Å². The Morgan fingerprint density at radius 1 is 1.35 bits per heavy atom. The number of pyridine rings is 1. The molecular weight excluding hydrogens is 340 g/mol. The summed E-state index contributed by atoms with van der Waals surface area (Å²) in [4.78, 5) is 26.7. The van der Waals surface area contributed by atoms with E-state index in [0.717, 1.165) is 18.8 Å². The first kappa shape index (κ1) is 18.2. The molecule has 0 unspecified atom stereocenters. The summed E-state index contributed by atoms with van der Waals surface area (Å²) in [5.41, 5.74) is 0.531. The Hall–Kier alpha value is -2.65. The van der Waals surface area contributed by atoms with E-state index >= 15 is 0 Å². The van der Waals surface area contributed by atoms with Gasteiger partial charge in [-0.05, 0) is 6.92 Å². The minimum Gasteiger partial charge on any atom is -0.491 e. The van der Waals surface area contributed by atoms with Crippen LogP contribution >= 0.6 is 0 Å². The maximum Gasteiger partial charge on any atom is 0.245 e. The Morgan fingerprint density at radius 3 is 2.77 bits per heavy atom. The molecular formula is C17H22N4O5.